The topological polar surface area (TPSA) is 108 Å². The zero-order valence-electron chi connectivity index (χ0n) is 18.5. The van der Waals surface area contributed by atoms with E-state index in [-0.39, 0.29) is 24.9 Å². The van der Waals surface area contributed by atoms with Gasteiger partial charge in [-0.05, 0) is 18.2 Å². The van der Waals surface area contributed by atoms with Gasteiger partial charge >= 0.3 is 6.09 Å². The molecule has 34 heavy (non-hydrogen) atoms. The van der Waals surface area contributed by atoms with Gasteiger partial charge in [0.15, 0.2) is 0 Å². The smallest absolute Gasteiger partial charge is 0.414 e. The summed E-state index contributed by atoms with van der Waals surface area (Å²) >= 11 is 3.19. The van der Waals surface area contributed by atoms with E-state index in [0.29, 0.717) is 54.3 Å². The number of cyclic esters (lactones) is 1. The molecule has 3 heterocycles. The van der Waals surface area contributed by atoms with E-state index >= 15 is 0 Å². The summed E-state index contributed by atoms with van der Waals surface area (Å²) in [4.78, 5) is 48.9. The number of nitrogens with one attached hydrogen (secondary N) is 1. The van der Waals surface area contributed by atoms with Crippen molar-refractivity contribution in [1.82, 2.24) is 20.2 Å². The van der Waals surface area contributed by atoms with Gasteiger partial charge < -0.3 is 19.9 Å². The van der Waals surface area contributed by atoms with Crippen molar-refractivity contribution < 1.29 is 23.5 Å². The number of piperazine rings is 1. The molecule has 2 fully saturated rings. The van der Waals surface area contributed by atoms with Crippen LogP contribution in [0.4, 0.5) is 20.8 Å². The lowest BCUT2D eigenvalue weighted by Gasteiger charge is -2.34. The quantitative estimate of drug-likeness (QED) is 0.562. The maximum absolute atomic E-state index is 14.9. The summed E-state index contributed by atoms with van der Waals surface area (Å²) in [6.07, 6.45) is 2.03. The molecule has 1 atom stereocenters. The molecule has 0 radical (unpaired) electrons. The second kappa shape index (κ2) is 10.3. The van der Waals surface area contributed by atoms with Crippen molar-refractivity contribution in [2.75, 3.05) is 54.4 Å². The molecule has 2 aliphatic heterocycles. The molecule has 0 unspecified atom stereocenters. The third-order valence-electron chi connectivity index (χ3n) is 5.70. The highest BCUT2D eigenvalue weighted by molar-refractivity contribution is 9.09. The molecule has 0 saturated carbocycles. The molecule has 2 aliphatic rings. The predicted molar refractivity (Wildman–Crippen MR) is 126 cm³/mol. The van der Waals surface area contributed by atoms with Crippen LogP contribution in [0.2, 0.25) is 0 Å². The minimum atomic E-state index is -0.590. The number of anilines is 2. The maximum Gasteiger partial charge on any atom is 0.414 e. The standard InChI is InChI=1S/C22H24BrFN6O4/c1-14(31)25-12-17-13-30(22(33)34-17)16-2-3-18(19(24)8-16)15-10-26-21(27-11-15)29-6-4-28(5-7-29)20(32)9-23/h2-3,8,10-11,17H,4-7,9,12-13H2,1H3,(H,25,31)/t17-/m0/s1. The number of carbonyl (C=O) groups excluding carboxylic acids is 3. The van der Waals surface area contributed by atoms with Gasteiger partial charge in [-0.1, -0.05) is 15.9 Å². The molecule has 1 aromatic heterocycles. The van der Waals surface area contributed by atoms with Crippen molar-refractivity contribution in [1.29, 1.82) is 0 Å². The molecular weight excluding hydrogens is 511 g/mol. The monoisotopic (exact) mass is 534 g/mol. The summed E-state index contributed by atoms with van der Waals surface area (Å²) in [6, 6.07) is 4.47. The number of ether oxygens (including phenoxy) is 1. The van der Waals surface area contributed by atoms with E-state index in [0.717, 1.165) is 0 Å². The Labute approximate surface area is 204 Å². The van der Waals surface area contributed by atoms with Crippen molar-refractivity contribution in [3.8, 4) is 11.1 Å². The first-order valence-corrected chi connectivity index (χ1v) is 11.9. The molecule has 12 heteroatoms. The van der Waals surface area contributed by atoms with E-state index < -0.39 is 18.0 Å². The molecular formula is C22H24BrFN6O4. The van der Waals surface area contributed by atoms with E-state index in [1.807, 2.05) is 4.90 Å². The van der Waals surface area contributed by atoms with Crippen LogP contribution >= 0.6 is 15.9 Å². The summed E-state index contributed by atoms with van der Waals surface area (Å²) in [6.45, 7) is 4.22. The molecule has 10 nitrogen and oxygen atoms in total. The van der Waals surface area contributed by atoms with Gasteiger partial charge in [-0.25, -0.2) is 19.2 Å². The Morgan fingerprint density at radius 2 is 1.91 bits per heavy atom. The minimum absolute atomic E-state index is 0.0558. The minimum Gasteiger partial charge on any atom is -0.442 e. The van der Waals surface area contributed by atoms with Crippen LogP contribution in [0.15, 0.2) is 30.6 Å². The van der Waals surface area contributed by atoms with Crippen LogP contribution in [-0.4, -0.2) is 83.5 Å². The van der Waals surface area contributed by atoms with Gasteiger partial charge in [-0.15, -0.1) is 0 Å². The first-order valence-electron chi connectivity index (χ1n) is 10.8. The van der Waals surface area contributed by atoms with Crippen LogP contribution in [0.5, 0.6) is 0 Å². The molecule has 0 aliphatic carbocycles. The Hall–Kier alpha value is -3.28. The lowest BCUT2D eigenvalue weighted by molar-refractivity contribution is -0.128. The van der Waals surface area contributed by atoms with E-state index in [1.165, 1.54) is 17.9 Å². The molecule has 2 aromatic rings. The van der Waals surface area contributed by atoms with Crippen LogP contribution in [0.25, 0.3) is 11.1 Å². The van der Waals surface area contributed by atoms with Gasteiger partial charge in [0, 0.05) is 56.6 Å². The van der Waals surface area contributed by atoms with Crippen LogP contribution in [0.1, 0.15) is 6.92 Å². The largest absolute Gasteiger partial charge is 0.442 e. The van der Waals surface area contributed by atoms with Gasteiger partial charge in [0.1, 0.15) is 11.9 Å². The highest BCUT2D eigenvalue weighted by Gasteiger charge is 2.32. The van der Waals surface area contributed by atoms with Crippen molar-refractivity contribution in [2.24, 2.45) is 0 Å². The Morgan fingerprint density at radius 3 is 2.53 bits per heavy atom. The molecule has 4 rings (SSSR count). The fourth-order valence-electron chi connectivity index (χ4n) is 3.87. The summed E-state index contributed by atoms with van der Waals surface area (Å²) in [5.74, 6) is -0.156. The van der Waals surface area contributed by atoms with E-state index in [1.54, 1.807) is 29.4 Å². The molecule has 180 valence electrons. The Morgan fingerprint density at radius 1 is 1.21 bits per heavy atom. The van der Waals surface area contributed by atoms with Gasteiger partial charge in [0.2, 0.25) is 17.8 Å². The number of carbonyl (C=O) groups is 3. The Kier molecular flexibility index (Phi) is 7.25. The molecule has 1 N–H and O–H groups in total. The molecule has 0 bridgehead atoms. The summed E-state index contributed by atoms with van der Waals surface area (Å²) < 4.78 is 20.2. The van der Waals surface area contributed by atoms with E-state index in [2.05, 4.69) is 31.2 Å². The zero-order valence-corrected chi connectivity index (χ0v) is 20.1. The fourth-order valence-corrected chi connectivity index (χ4v) is 4.22. The maximum atomic E-state index is 14.9. The summed E-state index contributed by atoms with van der Waals surface area (Å²) in [5.41, 5.74) is 1.18. The molecule has 1 aromatic carbocycles. The zero-order chi connectivity index (χ0) is 24.2. The van der Waals surface area contributed by atoms with Gasteiger partial charge in [-0.2, -0.15) is 0 Å². The fraction of sp³-hybridized carbons (Fsp3) is 0.409. The number of benzene rings is 1. The molecule has 0 spiro atoms. The number of aromatic nitrogens is 2. The van der Waals surface area contributed by atoms with E-state index in [4.69, 9.17) is 4.74 Å². The first-order chi connectivity index (χ1) is 16.4. The molecule has 2 saturated heterocycles. The predicted octanol–water partition coefficient (Wildman–Crippen LogP) is 1.79. The number of hydrogen-bond acceptors (Lipinski definition) is 7. The van der Waals surface area contributed by atoms with Crippen molar-refractivity contribution >= 4 is 45.5 Å². The average Bonchev–Trinajstić information content (AvgIpc) is 3.23. The van der Waals surface area contributed by atoms with Crippen molar-refractivity contribution in [2.45, 2.75) is 13.0 Å². The molecule has 3 amide bonds. The third kappa shape index (κ3) is 5.27. The number of hydrogen-bond donors (Lipinski definition) is 1. The number of halogens is 2. The van der Waals surface area contributed by atoms with Crippen molar-refractivity contribution in [3.63, 3.8) is 0 Å². The SMILES string of the molecule is CC(=O)NC[C@H]1CN(c2ccc(-c3cnc(N4CCN(C(=O)CBr)CC4)nc3)c(F)c2)C(=O)O1. The lowest BCUT2D eigenvalue weighted by Crippen LogP contribution is -2.49. The number of alkyl halides is 1. The number of amides is 3. The second-order valence-corrected chi connectivity index (χ2v) is 8.55. The van der Waals surface area contributed by atoms with Crippen LogP contribution < -0.4 is 15.1 Å². The van der Waals surface area contributed by atoms with Gasteiger partial charge in [-0.3, -0.25) is 14.5 Å². The Balaban J connectivity index is 1.41. The second-order valence-electron chi connectivity index (χ2n) is 7.99. The summed E-state index contributed by atoms with van der Waals surface area (Å²) in [5, 5.41) is 2.91. The normalized spacial score (nSPS) is 18.1. The summed E-state index contributed by atoms with van der Waals surface area (Å²) in [7, 11) is 0. The third-order valence-corrected chi connectivity index (χ3v) is 6.18. The van der Waals surface area contributed by atoms with Gasteiger partial charge in [0.05, 0.1) is 24.1 Å². The van der Waals surface area contributed by atoms with Crippen LogP contribution in [-0.2, 0) is 14.3 Å². The highest BCUT2D eigenvalue weighted by atomic mass is 79.9. The first kappa shape index (κ1) is 23.9. The number of nitrogens with zero attached hydrogens (tertiary/aromatic N) is 5. The lowest BCUT2D eigenvalue weighted by atomic mass is 10.1. The number of rotatable bonds is 6. The van der Waals surface area contributed by atoms with Crippen molar-refractivity contribution in [3.05, 3.63) is 36.4 Å². The van der Waals surface area contributed by atoms with E-state index in [9.17, 15) is 18.8 Å². The van der Waals surface area contributed by atoms with Crippen LogP contribution in [0, 0.1) is 5.82 Å². The van der Waals surface area contributed by atoms with Gasteiger partial charge in [0.25, 0.3) is 0 Å². The van der Waals surface area contributed by atoms with Crippen LogP contribution in [0.3, 0.4) is 0 Å². The average molecular weight is 535 g/mol. The highest BCUT2D eigenvalue weighted by Crippen LogP contribution is 2.29. The Bertz CT molecular complexity index is 1080.